The van der Waals surface area contributed by atoms with Gasteiger partial charge in [-0.05, 0) is 48.7 Å². The lowest BCUT2D eigenvalue weighted by atomic mass is 10.1. The van der Waals surface area contributed by atoms with Crippen molar-refractivity contribution in [2.75, 3.05) is 11.9 Å². The molecule has 0 fully saturated rings. The zero-order chi connectivity index (χ0) is 14.4. The van der Waals surface area contributed by atoms with Crippen LogP contribution in [-0.2, 0) is 6.42 Å². The Hall–Kier alpha value is -2.36. The second kappa shape index (κ2) is 6.70. The van der Waals surface area contributed by atoms with Gasteiger partial charge in [0.25, 0.3) is 0 Å². The number of nitrogens with zero attached hydrogens (tertiary/aromatic N) is 1. The summed E-state index contributed by atoms with van der Waals surface area (Å²) in [5.41, 5.74) is 8.75. The summed E-state index contributed by atoms with van der Waals surface area (Å²) in [4.78, 5) is 4.27. The third kappa shape index (κ3) is 4.09. The summed E-state index contributed by atoms with van der Waals surface area (Å²) in [6.45, 7) is 2.46. The Bertz CT molecular complexity index is 594. The van der Waals surface area contributed by atoms with Crippen molar-refractivity contribution in [1.82, 2.24) is 0 Å². The number of guanidine groups is 1. The number of benzene rings is 2. The Balaban J connectivity index is 1.89. The van der Waals surface area contributed by atoms with Crippen molar-refractivity contribution in [3.05, 3.63) is 65.5 Å². The van der Waals surface area contributed by atoms with Gasteiger partial charge < -0.3 is 11.1 Å². The number of hydrogen-bond acceptors (Lipinski definition) is 1. The van der Waals surface area contributed by atoms with E-state index in [1.807, 2.05) is 37.3 Å². The lowest BCUT2D eigenvalue weighted by molar-refractivity contribution is 0.625. The predicted octanol–water partition coefficient (Wildman–Crippen LogP) is 3.10. The average Bonchev–Trinajstić information content (AvgIpc) is 2.42. The molecule has 0 radical (unpaired) electrons. The van der Waals surface area contributed by atoms with Gasteiger partial charge in [-0.3, -0.25) is 4.99 Å². The average molecular weight is 271 g/mol. The highest BCUT2D eigenvalue weighted by molar-refractivity contribution is 5.92. The molecule has 0 aliphatic heterocycles. The molecular weight excluding hydrogens is 253 g/mol. The van der Waals surface area contributed by atoms with Crippen LogP contribution in [0.3, 0.4) is 0 Å². The van der Waals surface area contributed by atoms with E-state index in [0.29, 0.717) is 12.5 Å². The molecule has 2 aromatic rings. The van der Waals surface area contributed by atoms with Crippen molar-refractivity contribution < 1.29 is 4.39 Å². The van der Waals surface area contributed by atoms with Crippen molar-refractivity contribution in [2.45, 2.75) is 13.3 Å². The van der Waals surface area contributed by atoms with E-state index in [1.54, 1.807) is 6.07 Å². The Labute approximate surface area is 118 Å². The third-order valence-corrected chi connectivity index (χ3v) is 3.01. The van der Waals surface area contributed by atoms with Crippen LogP contribution in [0.15, 0.2) is 53.5 Å². The van der Waals surface area contributed by atoms with Gasteiger partial charge >= 0.3 is 0 Å². The molecule has 2 aromatic carbocycles. The van der Waals surface area contributed by atoms with Crippen molar-refractivity contribution in [3.63, 3.8) is 0 Å². The van der Waals surface area contributed by atoms with E-state index in [1.165, 1.54) is 12.1 Å². The van der Waals surface area contributed by atoms with Crippen LogP contribution >= 0.6 is 0 Å². The summed E-state index contributed by atoms with van der Waals surface area (Å²) in [5.74, 6) is 0.177. The van der Waals surface area contributed by atoms with Crippen LogP contribution in [0.4, 0.5) is 10.1 Å². The molecule has 0 aliphatic carbocycles. The Morgan fingerprint density at radius 1 is 1.20 bits per heavy atom. The quantitative estimate of drug-likeness (QED) is 0.663. The van der Waals surface area contributed by atoms with E-state index in [2.05, 4.69) is 10.3 Å². The van der Waals surface area contributed by atoms with Gasteiger partial charge in [-0.15, -0.1) is 0 Å². The number of aryl methyl sites for hydroxylation is 1. The molecule has 0 saturated heterocycles. The molecule has 3 N–H and O–H groups in total. The monoisotopic (exact) mass is 271 g/mol. The molecule has 3 nitrogen and oxygen atoms in total. The SMILES string of the molecule is Cc1cc(F)ccc1CCN=C(N)Nc1ccccc1. The number of aliphatic imine (C=N–C) groups is 1. The van der Waals surface area contributed by atoms with Gasteiger partial charge in [0.15, 0.2) is 5.96 Å². The minimum atomic E-state index is -0.208. The zero-order valence-corrected chi connectivity index (χ0v) is 11.4. The maximum absolute atomic E-state index is 13.0. The fourth-order valence-corrected chi connectivity index (χ4v) is 1.95. The lowest BCUT2D eigenvalue weighted by Crippen LogP contribution is -2.23. The van der Waals surface area contributed by atoms with Crippen molar-refractivity contribution in [2.24, 2.45) is 10.7 Å². The van der Waals surface area contributed by atoms with Gasteiger partial charge in [-0.2, -0.15) is 0 Å². The maximum atomic E-state index is 13.0. The van der Waals surface area contributed by atoms with Gasteiger partial charge in [0, 0.05) is 12.2 Å². The van der Waals surface area contributed by atoms with E-state index >= 15 is 0 Å². The maximum Gasteiger partial charge on any atom is 0.193 e. The first kappa shape index (κ1) is 14.1. The number of nitrogens with two attached hydrogens (primary N) is 1. The first-order chi connectivity index (χ1) is 9.65. The molecule has 0 spiro atoms. The summed E-state index contributed by atoms with van der Waals surface area (Å²) in [6, 6.07) is 14.4. The third-order valence-electron chi connectivity index (χ3n) is 3.01. The lowest BCUT2D eigenvalue weighted by Gasteiger charge is -2.06. The molecule has 0 bridgehead atoms. The van der Waals surface area contributed by atoms with Gasteiger partial charge in [-0.25, -0.2) is 4.39 Å². The number of halogens is 1. The molecule has 4 heteroatoms. The van der Waals surface area contributed by atoms with Crippen LogP contribution in [0.25, 0.3) is 0 Å². The molecule has 0 amide bonds. The Kier molecular flexibility index (Phi) is 4.71. The smallest absolute Gasteiger partial charge is 0.193 e. The summed E-state index contributed by atoms with van der Waals surface area (Å²) >= 11 is 0. The zero-order valence-electron chi connectivity index (χ0n) is 11.4. The van der Waals surface area contributed by atoms with Crippen LogP contribution in [0.5, 0.6) is 0 Å². The standard InChI is InChI=1S/C16H18FN3/c1-12-11-14(17)8-7-13(12)9-10-19-16(18)20-15-5-3-2-4-6-15/h2-8,11H,9-10H2,1H3,(H3,18,19,20). The molecule has 0 heterocycles. The highest BCUT2D eigenvalue weighted by Crippen LogP contribution is 2.11. The fraction of sp³-hybridized carbons (Fsp3) is 0.188. The molecule has 0 aliphatic rings. The largest absolute Gasteiger partial charge is 0.370 e. The summed E-state index contributed by atoms with van der Waals surface area (Å²) in [5, 5.41) is 3.02. The van der Waals surface area contributed by atoms with Gasteiger partial charge in [-0.1, -0.05) is 24.3 Å². The molecule has 20 heavy (non-hydrogen) atoms. The summed E-state index contributed by atoms with van der Waals surface area (Å²) in [6.07, 6.45) is 0.739. The predicted molar refractivity (Wildman–Crippen MR) is 81.4 cm³/mol. The molecule has 0 saturated carbocycles. The number of rotatable bonds is 4. The number of para-hydroxylation sites is 1. The van der Waals surface area contributed by atoms with Crippen molar-refractivity contribution >= 4 is 11.6 Å². The second-order valence-electron chi connectivity index (χ2n) is 4.58. The van der Waals surface area contributed by atoms with Gasteiger partial charge in [0.05, 0.1) is 0 Å². The fourth-order valence-electron chi connectivity index (χ4n) is 1.95. The highest BCUT2D eigenvalue weighted by Gasteiger charge is 2.00. The van der Waals surface area contributed by atoms with E-state index in [0.717, 1.165) is 23.2 Å². The topological polar surface area (TPSA) is 50.4 Å². The normalized spacial score (nSPS) is 11.4. The van der Waals surface area contributed by atoms with E-state index in [4.69, 9.17) is 5.73 Å². The van der Waals surface area contributed by atoms with Crippen LogP contribution in [0.1, 0.15) is 11.1 Å². The molecule has 0 aromatic heterocycles. The van der Waals surface area contributed by atoms with Crippen LogP contribution in [-0.4, -0.2) is 12.5 Å². The summed E-state index contributed by atoms with van der Waals surface area (Å²) in [7, 11) is 0. The number of anilines is 1. The molecule has 104 valence electrons. The van der Waals surface area contributed by atoms with Crippen molar-refractivity contribution in [1.29, 1.82) is 0 Å². The molecule has 0 unspecified atom stereocenters. The number of hydrogen-bond donors (Lipinski definition) is 2. The minimum absolute atomic E-state index is 0.208. The molecule has 2 rings (SSSR count). The van der Waals surface area contributed by atoms with E-state index < -0.39 is 0 Å². The second-order valence-corrected chi connectivity index (χ2v) is 4.58. The molecular formula is C16H18FN3. The van der Waals surface area contributed by atoms with Gasteiger partial charge in [0.1, 0.15) is 5.82 Å². The first-order valence-corrected chi connectivity index (χ1v) is 6.52. The minimum Gasteiger partial charge on any atom is -0.370 e. The van der Waals surface area contributed by atoms with Crippen LogP contribution in [0.2, 0.25) is 0 Å². The van der Waals surface area contributed by atoms with Gasteiger partial charge in [0.2, 0.25) is 0 Å². The first-order valence-electron chi connectivity index (χ1n) is 6.52. The molecule has 0 atom stereocenters. The Morgan fingerprint density at radius 2 is 1.95 bits per heavy atom. The van der Waals surface area contributed by atoms with Crippen LogP contribution in [0, 0.1) is 12.7 Å². The summed E-state index contributed by atoms with van der Waals surface area (Å²) < 4.78 is 13.0. The Morgan fingerprint density at radius 3 is 2.65 bits per heavy atom. The van der Waals surface area contributed by atoms with E-state index in [-0.39, 0.29) is 5.82 Å². The van der Waals surface area contributed by atoms with Crippen molar-refractivity contribution in [3.8, 4) is 0 Å². The number of nitrogens with one attached hydrogen (secondary N) is 1. The van der Waals surface area contributed by atoms with E-state index in [9.17, 15) is 4.39 Å². The highest BCUT2D eigenvalue weighted by atomic mass is 19.1. The van der Waals surface area contributed by atoms with Crippen LogP contribution < -0.4 is 11.1 Å².